The van der Waals surface area contributed by atoms with Crippen LogP contribution in [-0.2, 0) is 11.3 Å². The van der Waals surface area contributed by atoms with Gasteiger partial charge in [0.25, 0.3) is 5.91 Å². The molecule has 2 aromatic carbocycles. The van der Waals surface area contributed by atoms with E-state index >= 15 is 0 Å². The molecule has 0 saturated carbocycles. The lowest BCUT2D eigenvalue weighted by Crippen LogP contribution is -2.42. The summed E-state index contributed by atoms with van der Waals surface area (Å²) >= 11 is 8.67. The van der Waals surface area contributed by atoms with Crippen molar-refractivity contribution in [2.45, 2.75) is 13.5 Å². The second-order valence-electron chi connectivity index (χ2n) is 5.42. The molecule has 0 atom stereocenters. The lowest BCUT2D eigenvalue weighted by atomic mass is 10.2. The van der Waals surface area contributed by atoms with Gasteiger partial charge in [0.05, 0.1) is 4.47 Å². The van der Waals surface area contributed by atoms with Crippen molar-refractivity contribution in [1.82, 2.24) is 10.2 Å². The van der Waals surface area contributed by atoms with Crippen molar-refractivity contribution >= 4 is 39.2 Å². The number of hydrogen-bond acceptors (Lipinski definition) is 3. The zero-order valence-electron chi connectivity index (χ0n) is 13.6. The van der Waals surface area contributed by atoms with Crippen molar-refractivity contribution in [2.24, 2.45) is 0 Å². The highest BCUT2D eigenvalue weighted by Crippen LogP contribution is 2.25. The van der Waals surface area contributed by atoms with E-state index < -0.39 is 0 Å². The highest BCUT2D eigenvalue weighted by Gasteiger charge is 2.11. The van der Waals surface area contributed by atoms with Crippen LogP contribution in [0.25, 0.3) is 0 Å². The molecule has 0 bridgehead atoms. The Balaban J connectivity index is 1.82. The average molecular weight is 407 g/mol. The second-order valence-corrected chi connectivity index (χ2v) is 6.66. The first-order valence-corrected chi connectivity index (χ1v) is 8.63. The third-order valence-corrected chi connectivity index (χ3v) is 4.34. The van der Waals surface area contributed by atoms with Crippen LogP contribution in [0.15, 0.2) is 53.0 Å². The zero-order chi connectivity index (χ0) is 17.5. The summed E-state index contributed by atoms with van der Waals surface area (Å²) < 4.78 is 6.33. The SMILES string of the molecule is Cc1ccc(OCC(=O)NC(=S)N(C)Cc2ccccc2)c(Br)c1. The number of benzene rings is 2. The first-order chi connectivity index (χ1) is 11.5. The van der Waals surface area contributed by atoms with E-state index in [9.17, 15) is 4.79 Å². The van der Waals surface area contributed by atoms with Gasteiger partial charge in [-0.05, 0) is 58.3 Å². The van der Waals surface area contributed by atoms with E-state index in [1.165, 1.54) is 0 Å². The predicted octanol–water partition coefficient (Wildman–Crippen LogP) is 3.67. The van der Waals surface area contributed by atoms with Crippen LogP contribution in [0.4, 0.5) is 0 Å². The van der Waals surface area contributed by atoms with Crippen LogP contribution < -0.4 is 10.1 Å². The molecule has 0 aliphatic carbocycles. The summed E-state index contributed by atoms with van der Waals surface area (Å²) in [6.07, 6.45) is 0. The summed E-state index contributed by atoms with van der Waals surface area (Å²) in [4.78, 5) is 13.8. The van der Waals surface area contributed by atoms with Gasteiger partial charge in [-0.15, -0.1) is 0 Å². The summed E-state index contributed by atoms with van der Waals surface area (Å²) in [6.45, 7) is 2.52. The topological polar surface area (TPSA) is 41.6 Å². The molecule has 2 aromatic rings. The van der Waals surface area contributed by atoms with Crippen LogP contribution in [0.1, 0.15) is 11.1 Å². The van der Waals surface area contributed by atoms with Gasteiger partial charge in [0, 0.05) is 13.6 Å². The molecule has 0 unspecified atom stereocenters. The van der Waals surface area contributed by atoms with Crippen LogP contribution in [0, 0.1) is 6.92 Å². The van der Waals surface area contributed by atoms with Crippen LogP contribution >= 0.6 is 28.1 Å². The number of amides is 1. The standard InChI is InChI=1S/C18H19BrN2O2S/c1-13-8-9-16(15(19)10-13)23-12-17(22)20-18(24)21(2)11-14-6-4-3-5-7-14/h3-10H,11-12H2,1-2H3,(H,20,22,24). The molecule has 0 aliphatic rings. The van der Waals surface area contributed by atoms with E-state index in [1.54, 1.807) is 0 Å². The number of thiocarbonyl (C=S) groups is 1. The fraction of sp³-hybridized carbons (Fsp3) is 0.222. The van der Waals surface area contributed by atoms with Crippen molar-refractivity contribution in [2.75, 3.05) is 13.7 Å². The molecule has 0 fully saturated rings. The molecular formula is C18H19BrN2O2S. The summed E-state index contributed by atoms with van der Waals surface area (Å²) in [6, 6.07) is 15.6. The Morgan fingerprint density at radius 1 is 1.25 bits per heavy atom. The molecule has 0 saturated heterocycles. The smallest absolute Gasteiger partial charge is 0.264 e. The van der Waals surface area contributed by atoms with Crippen molar-refractivity contribution in [1.29, 1.82) is 0 Å². The maximum Gasteiger partial charge on any atom is 0.264 e. The Morgan fingerprint density at radius 2 is 1.96 bits per heavy atom. The predicted molar refractivity (Wildman–Crippen MR) is 103 cm³/mol. The molecule has 24 heavy (non-hydrogen) atoms. The Labute approximate surface area is 155 Å². The number of rotatable bonds is 5. The van der Waals surface area contributed by atoms with E-state index in [4.69, 9.17) is 17.0 Å². The van der Waals surface area contributed by atoms with E-state index in [1.807, 2.05) is 67.4 Å². The van der Waals surface area contributed by atoms with Gasteiger partial charge in [0.2, 0.25) is 0 Å². The molecule has 0 radical (unpaired) electrons. The lowest BCUT2D eigenvalue weighted by Gasteiger charge is -2.20. The molecular weight excluding hydrogens is 388 g/mol. The number of hydrogen-bond donors (Lipinski definition) is 1. The minimum Gasteiger partial charge on any atom is -0.483 e. The van der Waals surface area contributed by atoms with Gasteiger partial charge in [-0.3, -0.25) is 4.79 Å². The molecule has 126 valence electrons. The van der Waals surface area contributed by atoms with E-state index in [-0.39, 0.29) is 12.5 Å². The summed E-state index contributed by atoms with van der Waals surface area (Å²) in [5.41, 5.74) is 2.24. The lowest BCUT2D eigenvalue weighted by molar-refractivity contribution is -0.121. The van der Waals surface area contributed by atoms with Crippen LogP contribution in [0.5, 0.6) is 5.75 Å². The highest BCUT2D eigenvalue weighted by atomic mass is 79.9. The third kappa shape index (κ3) is 5.62. The molecule has 6 heteroatoms. The number of carbonyl (C=O) groups is 1. The first-order valence-electron chi connectivity index (χ1n) is 7.43. The van der Waals surface area contributed by atoms with E-state index in [2.05, 4.69) is 21.2 Å². The van der Waals surface area contributed by atoms with Gasteiger partial charge < -0.3 is 15.0 Å². The number of nitrogens with zero attached hydrogens (tertiary/aromatic N) is 1. The molecule has 4 nitrogen and oxygen atoms in total. The molecule has 2 rings (SSSR count). The van der Waals surface area contributed by atoms with Gasteiger partial charge >= 0.3 is 0 Å². The number of halogens is 1. The van der Waals surface area contributed by atoms with Crippen molar-refractivity contribution < 1.29 is 9.53 Å². The summed E-state index contributed by atoms with van der Waals surface area (Å²) in [5.74, 6) is 0.340. The maximum atomic E-state index is 12.0. The molecule has 0 heterocycles. The fourth-order valence-electron chi connectivity index (χ4n) is 2.05. The molecule has 1 N–H and O–H groups in total. The van der Waals surface area contributed by atoms with Gasteiger partial charge in [0.15, 0.2) is 11.7 Å². The Hall–Kier alpha value is -1.92. The monoisotopic (exact) mass is 406 g/mol. The second kappa shape index (κ2) is 8.80. The van der Waals surface area contributed by atoms with Crippen LogP contribution in [0.3, 0.4) is 0 Å². The van der Waals surface area contributed by atoms with Gasteiger partial charge in [-0.2, -0.15) is 0 Å². The quantitative estimate of drug-likeness (QED) is 0.769. The van der Waals surface area contributed by atoms with Crippen molar-refractivity contribution in [3.05, 3.63) is 64.1 Å². The van der Waals surface area contributed by atoms with Crippen molar-refractivity contribution in [3.8, 4) is 5.75 Å². The highest BCUT2D eigenvalue weighted by molar-refractivity contribution is 9.10. The number of carbonyl (C=O) groups excluding carboxylic acids is 1. The summed E-state index contributed by atoms with van der Waals surface area (Å²) in [5, 5.41) is 3.05. The molecule has 0 aliphatic heterocycles. The third-order valence-electron chi connectivity index (χ3n) is 3.30. The maximum absolute atomic E-state index is 12.0. The van der Waals surface area contributed by atoms with Gasteiger partial charge in [-0.25, -0.2) is 0 Å². The van der Waals surface area contributed by atoms with E-state index in [0.29, 0.717) is 17.4 Å². The van der Waals surface area contributed by atoms with Gasteiger partial charge in [0.1, 0.15) is 5.75 Å². The normalized spacial score (nSPS) is 10.1. The largest absolute Gasteiger partial charge is 0.483 e. The van der Waals surface area contributed by atoms with E-state index in [0.717, 1.165) is 15.6 Å². The van der Waals surface area contributed by atoms with Crippen LogP contribution in [0.2, 0.25) is 0 Å². The number of nitrogens with one attached hydrogen (secondary N) is 1. The molecule has 0 spiro atoms. The Kier molecular flexibility index (Phi) is 6.75. The van der Waals surface area contributed by atoms with Crippen LogP contribution in [-0.4, -0.2) is 29.6 Å². The van der Waals surface area contributed by atoms with Gasteiger partial charge in [-0.1, -0.05) is 36.4 Å². The molecule has 0 aromatic heterocycles. The summed E-state index contributed by atoms with van der Waals surface area (Å²) in [7, 11) is 1.84. The fourth-order valence-corrected chi connectivity index (χ4v) is 2.83. The minimum atomic E-state index is -0.285. The zero-order valence-corrected chi connectivity index (χ0v) is 16.0. The van der Waals surface area contributed by atoms with Crippen molar-refractivity contribution in [3.63, 3.8) is 0 Å². The first kappa shape index (κ1) is 18.4. The molecule has 1 amide bonds. The Morgan fingerprint density at radius 3 is 2.62 bits per heavy atom. The number of aryl methyl sites for hydroxylation is 1. The average Bonchev–Trinajstić information content (AvgIpc) is 2.55. The minimum absolute atomic E-state index is 0.0963. The number of ether oxygens (including phenoxy) is 1. The Bertz CT molecular complexity index is 722.